The van der Waals surface area contributed by atoms with Crippen molar-refractivity contribution >= 4 is 39.1 Å². The number of hydrogen-bond donors (Lipinski definition) is 1. The summed E-state index contributed by atoms with van der Waals surface area (Å²) < 4.78 is 39.6. The van der Waals surface area contributed by atoms with Crippen LogP contribution in [0.1, 0.15) is 38.2 Å². The Kier molecular flexibility index (Phi) is 9.13. The number of amides is 2. The molecule has 0 spiro atoms. The van der Waals surface area contributed by atoms with Gasteiger partial charge in [0.25, 0.3) is 0 Å². The monoisotopic (exact) mass is 523 g/mol. The first kappa shape index (κ1) is 26.9. The molecule has 190 valence electrons. The van der Waals surface area contributed by atoms with Crippen LogP contribution in [0.5, 0.6) is 0 Å². The maximum atomic E-state index is 13.7. The standard InChI is InChI=1S/C25H31ClFN3O4S/c1-18(25(32)28-20-10-6-7-11-20)29(15-14-19-8-4-3-5-9-19)24(31)17-30(35(2,33)34)21-12-13-23(27)22(26)16-21/h3-5,8-9,12-13,16,18,20H,6-7,10-11,14-15,17H2,1-2H3,(H,28,32)/t18-/m0/s1. The lowest BCUT2D eigenvalue weighted by molar-refractivity contribution is -0.139. The van der Waals surface area contributed by atoms with E-state index in [0.717, 1.165) is 53.9 Å². The van der Waals surface area contributed by atoms with Gasteiger partial charge < -0.3 is 10.2 Å². The molecule has 3 rings (SSSR count). The van der Waals surface area contributed by atoms with E-state index in [2.05, 4.69) is 5.32 Å². The molecule has 0 radical (unpaired) electrons. The highest BCUT2D eigenvalue weighted by Gasteiger charge is 2.31. The Labute approximate surface area is 211 Å². The fourth-order valence-corrected chi connectivity index (χ4v) is 5.23. The highest BCUT2D eigenvalue weighted by molar-refractivity contribution is 7.92. The van der Waals surface area contributed by atoms with Gasteiger partial charge in [0.15, 0.2) is 0 Å². The van der Waals surface area contributed by atoms with Crippen molar-refractivity contribution in [2.75, 3.05) is 23.7 Å². The zero-order valence-electron chi connectivity index (χ0n) is 19.9. The summed E-state index contributed by atoms with van der Waals surface area (Å²) in [6.07, 6.45) is 5.38. The van der Waals surface area contributed by atoms with Gasteiger partial charge in [-0.15, -0.1) is 0 Å². The third-order valence-electron chi connectivity index (χ3n) is 6.22. The number of benzene rings is 2. The van der Waals surface area contributed by atoms with Gasteiger partial charge in [0.05, 0.1) is 17.0 Å². The van der Waals surface area contributed by atoms with Gasteiger partial charge in [-0.2, -0.15) is 0 Å². The Morgan fingerprint density at radius 3 is 2.40 bits per heavy atom. The van der Waals surface area contributed by atoms with Crippen molar-refractivity contribution in [3.63, 3.8) is 0 Å². The van der Waals surface area contributed by atoms with Gasteiger partial charge in [0.1, 0.15) is 18.4 Å². The molecule has 0 saturated heterocycles. The van der Waals surface area contributed by atoms with E-state index in [1.165, 1.54) is 11.0 Å². The number of sulfonamides is 1. The Morgan fingerprint density at radius 2 is 1.80 bits per heavy atom. The van der Waals surface area contributed by atoms with Crippen LogP contribution in [0.2, 0.25) is 5.02 Å². The summed E-state index contributed by atoms with van der Waals surface area (Å²) in [6, 6.07) is 12.3. The highest BCUT2D eigenvalue weighted by Crippen LogP contribution is 2.25. The van der Waals surface area contributed by atoms with Crippen molar-refractivity contribution in [3.05, 3.63) is 64.9 Å². The first-order valence-corrected chi connectivity index (χ1v) is 13.9. The van der Waals surface area contributed by atoms with Crippen molar-refractivity contribution in [2.45, 2.75) is 51.1 Å². The van der Waals surface area contributed by atoms with Crippen molar-refractivity contribution in [1.82, 2.24) is 10.2 Å². The van der Waals surface area contributed by atoms with Crippen LogP contribution in [0.15, 0.2) is 48.5 Å². The number of halogens is 2. The van der Waals surface area contributed by atoms with E-state index in [-0.39, 0.29) is 29.2 Å². The lowest BCUT2D eigenvalue weighted by Gasteiger charge is -2.32. The first-order valence-electron chi connectivity index (χ1n) is 11.6. The van der Waals surface area contributed by atoms with Crippen LogP contribution >= 0.6 is 11.6 Å². The third-order valence-corrected chi connectivity index (χ3v) is 7.65. The van der Waals surface area contributed by atoms with Crippen LogP contribution in [0, 0.1) is 5.82 Å². The molecule has 1 aliphatic carbocycles. The van der Waals surface area contributed by atoms with Crippen LogP contribution in [0.4, 0.5) is 10.1 Å². The normalized spacial score (nSPS) is 15.0. The molecule has 0 aromatic heterocycles. The molecule has 7 nitrogen and oxygen atoms in total. The predicted octanol–water partition coefficient (Wildman–Crippen LogP) is 3.76. The van der Waals surface area contributed by atoms with E-state index < -0.39 is 34.3 Å². The summed E-state index contributed by atoms with van der Waals surface area (Å²) in [5.41, 5.74) is 1.05. The summed E-state index contributed by atoms with van der Waals surface area (Å²) in [5.74, 6) is -1.51. The first-order chi connectivity index (χ1) is 16.6. The Balaban J connectivity index is 1.83. The number of nitrogens with one attached hydrogen (secondary N) is 1. The average molecular weight is 524 g/mol. The molecule has 0 bridgehead atoms. The van der Waals surface area contributed by atoms with E-state index in [1.807, 2.05) is 30.3 Å². The smallest absolute Gasteiger partial charge is 0.244 e. The molecule has 1 fully saturated rings. The molecular formula is C25H31ClFN3O4S. The number of carbonyl (C=O) groups is 2. The lowest BCUT2D eigenvalue weighted by atomic mass is 10.1. The van der Waals surface area contributed by atoms with E-state index in [1.54, 1.807) is 6.92 Å². The zero-order valence-corrected chi connectivity index (χ0v) is 21.5. The van der Waals surface area contributed by atoms with Gasteiger partial charge >= 0.3 is 0 Å². The number of hydrogen-bond acceptors (Lipinski definition) is 4. The van der Waals surface area contributed by atoms with Crippen molar-refractivity contribution in [1.29, 1.82) is 0 Å². The van der Waals surface area contributed by atoms with Gasteiger partial charge in [-0.05, 0) is 49.9 Å². The van der Waals surface area contributed by atoms with Gasteiger partial charge in [-0.1, -0.05) is 54.8 Å². The quantitative estimate of drug-likeness (QED) is 0.513. The highest BCUT2D eigenvalue weighted by atomic mass is 35.5. The molecule has 2 aromatic carbocycles. The summed E-state index contributed by atoms with van der Waals surface area (Å²) in [5, 5.41) is 2.76. The molecule has 0 aliphatic heterocycles. The van der Waals surface area contributed by atoms with Crippen LogP contribution in [0.3, 0.4) is 0 Å². The van der Waals surface area contributed by atoms with Gasteiger partial charge in [0.2, 0.25) is 21.8 Å². The Morgan fingerprint density at radius 1 is 1.14 bits per heavy atom. The predicted molar refractivity (Wildman–Crippen MR) is 135 cm³/mol. The van der Waals surface area contributed by atoms with Crippen molar-refractivity contribution in [2.24, 2.45) is 0 Å². The fourth-order valence-electron chi connectivity index (χ4n) is 4.22. The molecule has 10 heteroatoms. The number of rotatable bonds is 10. The maximum Gasteiger partial charge on any atom is 0.244 e. The molecule has 1 saturated carbocycles. The Bertz CT molecular complexity index is 1140. The van der Waals surface area contributed by atoms with Gasteiger partial charge in [-0.3, -0.25) is 13.9 Å². The minimum atomic E-state index is -3.90. The van der Waals surface area contributed by atoms with Crippen LogP contribution < -0.4 is 9.62 Å². The molecule has 0 unspecified atom stereocenters. The van der Waals surface area contributed by atoms with Gasteiger partial charge in [0, 0.05) is 12.6 Å². The molecule has 1 N–H and O–H groups in total. The maximum absolute atomic E-state index is 13.7. The largest absolute Gasteiger partial charge is 0.352 e. The molecule has 2 amide bonds. The fraction of sp³-hybridized carbons (Fsp3) is 0.440. The second kappa shape index (κ2) is 11.9. The number of anilines is 1. The third kappa shape index (κ3) is 7.41. The lowest BCUT2D eigenvalue weighted by Crippen LogP contribution is -2.53. The zero-order chi connectivity index (χ0) is 25.6. The summed E-state index contributed by atoms with van der Waals surface area (Å²) in [6.45, 7) is 1.33. The Hall–Kier alpha value is -2.65. The molecule has 1 atom stereocenters. The van der Waals surface area contributed by atoms with Crippen molar-refractivity contribution < 1.29 is 22.4 Å². The molecule has 2 aromatic rings. The summed E-state index contributed by atoms with van der Waals surface area (Å²) in [4.78, 5) is 27.9. The van der Waals surface area contributed by atoms with Crippen LogP contribution in [-0.4, -0.2) is 56.6 Å². The van der Waals surface area contributed by atoms with E-state index in [9.17, 15) is 22.4 Å². The summed E-state index contributed by atoms with van der Waals surface area (Å²) >= 11 is 5.85. The molecule has 35 heavy (non-hydrogen) atoms. The second-order valence-electron chi connectivity index (χ2n) is 8.86. The molecule has 0 heterocycles. The average Bonchev–Trinajstić information content (AvgIpc) is 3.32. The minimum absolute atomic E-state index is 0.0679. The minimum Gasteiger partial charge on any atom is -0.352 e. The molecular weight excluding hydrogens is 493 g/mol. The molecule has 1 aliphatic rings. The number of nitrogens with zero attached hydrogens (tertiary/aromatic N) is 2. The van der Waals surface area contributed by atoms with Crippen LogP contribution in [-0.2, 0) is 26.0 Å². The topological polar surface area (TPSA) is 86.8 Å². The van der Waals surface area contributed by atoms with E-state index >= 15 is 0 Å². The van der Waals surface area contributed by atoms with E-state index in [0.29, 0.717) is 6.42 Å². The number of carbonyl (C=O) groups excluding carboxylic acids is 2. The van der Waals surface area contributed by atoms with Crippen LogP contribution in [0.25, 0.3) is 0 Å². The van der Waals surface area contributed by atoms with E-state index in [4.69, 9.17) is 11.6 Å². The SMILES string of the molecule is C[C@@H](C(=O)NC1CCCC1)N(CCc1ccccc1)C(=O)CN(c1ccc(F)c(Cl)c1)S(C)(=O)=O. The van der Waals surface area contributed by atoms with Gasteiger partial charge in [-0.25, -0.2) is 12.8 Å². The second-order valence-corrected chi connectivity index (χ2v) is 11.2. The van der Waals surface area contributed by atoms with Crippen molar-refractivity contribution in [3.8, 4) is 0 Å². The summed E-state index contributed by atoms with van der Waals surface area (Å²) in [7, 11) is -3.90.